The van der Waals surface area contributed by atoms with E-state index in [4.69, 9.17) is 10.2 Å². The lowest BCUT2D eigenvalue weighted by Gasteiger charge is -2.20. The average Bonchev–Trinajstić information content (AvgIpc) is 2.56. The maximum Gasteiger partial charge on any atom is 0.405 e. The van der Waals surface area contributed by atoms with Crippen LogP contribution >= 0.6 is 0 Å². The van der Waals surface area contributed by atoms with Gasteiger partial charge in [0, 0.05) is 5.56 Å². The molecule has 1 aromatic rings. The second kappa shape index (κ2) is 4.52. The summed E-state index contributed by atoms with van der Waals surface area (Å²) >= 11 is 0. The molecular formula is C11H11FN2O4. The fourth-order valence-electron chi connectivity index (χ4n) is 2.26. The molecule has 0 bridgehead atoms. The van der Waals surface area contributed by atoms with Crippen LogP contribution in [0.25, 0.3) is 0 Å². The number of carboxylic acid groups (broad SMARTS) is 2. The Morgan fingerprint density at radius 1 is 1.22 bits per heavy atom. The van der Waals surface area contributed by atoms with Crippen LogP contribution < -0.4 is 10.6 Å². The van der Waals surface area contributed by atoms with E-state index in [1.54, 1.807) is 6.07 Å². The molecule has 0 spiro atoms. The average molecular weight is 254 g/mol. The van der Waals surface area contributed by atoms with Gasteiger partial charge in [-0.3, -0.25) is 0 Å². The van der Waals surface area contributed by atoms with E-state index < -0.39 is 30.1 Å². The highest BCUT2D eigenvalue weighted by atomic mass is 19.1. The Kier molecular flexibility index (Phi) is 3.05. The Morgan fingerprint density at radius 2 is 1.89 bits per heavy atom. The van der Waals surface area contributed by atoms with Crippen LogP contribution in [0.3, 0.4) is 0 Å². The monoisotopic (exact) mass is 254 g/mol. The van der Waals surface area contributed by atoms with E-state index in [0.29, 0.717) is 5.56 Å². The van der Waals surface area contributed by atoms with Crippen LogP contribution in [0.1, 0.15) is 17.2 Å². The molecule has 4 N–H and O–H groups in total. The van der Waals surface area contributed by atoms with Crippen LogP contribution in [-0.4, -0.2) is 28.4 Å². The smallest absolute Gasteiger partial charge is 0.405 e. The zero-order chi connectivity index (χ0) is 13.3. The van der Waals surface area contributed by atoms with Crippen molar-refractivity contribution in [1.29, 1.82) is 0 Å². The van der Waals surface area contributed by atoms with E-state index in [0.717, 1.165) is 0 Å². The summed E-state index contributed by atoms with van der Waals surface area (Å²) in [5.41, 5.74) is 0.811. The summed E-state index contributed by atoms with van der Waals surface area (Å²) in [4.78, 5) is 21.3. The SMILES string of the molecule is O=C(O)N[C@H]1Cc2cccc(F)c2[C@H]1NC(=O)O. The normalized spacial score (nSPS) is 21.2. The molecule has 7 heteroatoms. The lowest BCUT2D eigenvalue weighted by atomic mass is 10.1. The highest BCUT2D eigenvalue weighted by Gasteiger charge is 2.36. The topological polar surface area (TPSA) is 98.7 Å². The Balaban J connectivity index is 2.35. The van der Waals surface area contributed by atoms with Crippen LogP contribution in [0.5, 0.6) is 0 Å². The largest absolute Gasteiger partial charge is 0.465 e. The molecule has 2 rings (SSSR count). The zero-order valence-corrected chi connectivity index (χ0v) is 9.18. The van der Waals surface area contributed by atoms with Gasteiger partial charge in [0.1, 0.15) is 5.82 Å². The quantitative estimate of drug-likeness (QED) is 0.639. The number of amides is 2. The summed E-state index contributed by atoms with van der Waals surface area (Å²) in [6.07, 6.45) is -2.34. The first-order valence-electron chi connectivity index (χ1n) is 5.25. The van der Waals surface area contributed by atoms with E-state index in [2.05, 4.69) is 10.6 Å². The van der Waals surface area contributed by atoms with Crippen LogP contribution in [0, 0.1) is 5.82 Å². The molecular weight excluding hydrogens is 243 g/mol. The van der Waals surface area contributed by atoms with Gasteiger partial charge >= 0.3 is 12.2 Å². The van der Waals surface area contributed by atoms with Crippen LogP contribution in [0.4, 0.5) is 14.0 Å². The van der Waals surface area contributed by atoms with Crippen molar-refractivity contribution in [2.24, 2.45) is 0 Å². The van der Waals surface area contributed by atoms with Crippen molar-refractivity contribution in [2.75, 3.05) is 0 Å². The lowest BCUT2D eigenvalue weighted by molar-refractivity contribution is 0.177. The van der Waals surface area contributed by atoms with Crippen molar-refractivity contribution < 1.29 is 24.2 Å². The molecule has 0 unspecified atom stereocenters. The molecule has 0 saturated heterocycles. The number of hydrogen-bond donors (Lipinski definition) is 4. The summed E-state index contributed by atoms with van der Waals surface area (Å²) in [6, 6.07) is 2.77. The number of nitrogens with one attached hydrogen (secondary N) is 2. The summed E-state index contributed by atoms with van der Waals surface area (Å²) in [5, 5.41) is 21.8. The minimum atomic E-state index is -1.33. The predicted octanol–water partition coefficient (Wildman–Crippen LogP) is 1.33. The zero-order valence-electron chi connectivity index (χ0n) is 9.18. The predicted molar refractivity (Wildman–Crippen MR) is 59.0 cm³/mol. The van der Waals surface area contributed by atoms with Crippen molar-refractivity contribution in [3.05, 3.63) is 35.1 Å². The van der Waals surface area contributed by atoms with Gasteiger partial charge in [0.05, 0.1) is 12.1 Å². The van der Waals surface area contributed by atoms with Gasteiger partial charge in [0.25, 0.3) is 0 Å². The molecule has 2 amide bonds. The highest BCUT2D eigenvalue weighted by molar-refractivity contribution is 5.68. The molecule has 6 nitrogen and oxygen atoms in total. The summed E-state index contributed by atoms with van der Waals surface area (Å²) in [6.45, 7) is 0. The second-order valence-electron chi connectivity index (χ2n) is 4.00. The molecule has 96 valence electrons. The van der Waals surface area contributed by atoms with E-state index in [1.165, 1.54) is 12.1 Å². The van der Waals surface area contributed by atoms with Crippen LogP contribution in [0.2, 0.25) is 0 Å². The van der Waals surface area contributed by atoms with Gasteiger partial charge in [-0.05, 0) is 18.1 Å². The third-order valence-electron chi connectivity index (χ3n) is 2.88. The summed E-state index contributed by atoms with van der Waals surface area (Å²) in [5.74, 6) is -0.541. The molecule has 18 heavy (non-hydrogen) atoms. The molecule has 0 aromatic heterocycles. The highest BCUT2D eigenvalue weighted by Crippen LogP contribution is 2.33. The third kappa shape index (κ3) is 2.20. The van der Waals surface area contributed by atoms with Crippen LogP contribution in [0.15, 0.2) is 18.2 Å². The number of halogens is 1. The second-order valence-corrected chi connectivity index (χ2v) is 4.00. The van der Waals surface area contributed by atoms with E-state index in [9.17, 15) is 14.0 Å². The maximum absolute atomic E-state index is 13.7. The standard InChI is InChI=1S/C11H11FN2O4/c12-6-3-1-2-5-4-7(13-10(15)16)9(8(5)6)14-11(17)18/h1-3,7,9,13-14H,4H2,(H,15,16)(H,17,18)/t7-,9-/m0/s1. The number of rotatable bonds is 2. The third-order valence-corrected chi connectivity index (χ3v) is 2.88. The van der Waals surface area contributed by atoms with Gasteiger partial charge < -0.3 is 20.8 Å². The fraction of sp³-hybridized carbons (Fsp3) is 0.273. The number of hydrogen-bond acceptors (Lipinski definition) is 2. The van der Waals surface area contributed by atoms with Crippen LogP contribution in [-0.2, 0) is 6.42 Å². The van der Waals surface area contributed by atoms with Gasteiger partial charge in [-0.15, -0.1) is 0 Å². The Hall–Kier alpha value is -2.31. The number of carbonyl (C=O) groups is 2. The van der Waals surface area contributed by atoms with Gasteiger partial charge in [-0.1, -0.05) is 12.1 Å². The van der Waals surface area contributed by atoms with E-state index >= 15 is 0 Å². The van der Waals surface area contributed by atoms with Crippen molar-refractivity contribution in [3.63, 3.8) is 0 Å². The Bertz CT molecular complexity index is 506. The minimum Gasteiger partial charge on any atom is -0.465 e. The molecule has 0 heterocycles. The van der Waals surface area contributed by atoms with Crippen molar-refractivity contribution in [2.45, 2.75) is 18.5 Å². The molecule has 0 aliphatic heterocycles. The fourth-order valence-corrected chi connectivity index (χ4v) is 2.26. The summed E-state index contributed by atoms with van der Waals surface area (Å²) < 4.78 is 13.7. The van der Waals surface area contributed by atoms with Gasteiger partial charge in [0.2, 0.25) is 0 Å². The number of fused-ring (bicyclic) bond motifs is 1. The maximum atomic E-state index is 13.7. The first-order chi connectivity index (χ1) is 8.49. The van der Waals surface area contributed by atoms with E-state index in [-0.39, 0.29) is 12.0 Å². The van der Waals surface area contributed by atoms with Crippen molar-refractivity contribution in [1.82, 2.24) is 10.6 Å². The minimum absolute atomic E-state index is 0.207. The molecule has 2 atom stereocenters. The van der Waals surface area contributed by atoms with Crippen molar-refractivity contribution in [3.8, 4) is 0 Å². The van der Waals surface area contributed by atoms with Crippen molar-refractivity contribution >= 4 is 12.2 Å². The van der Waals surface area contributed by atoms with E-state index in [1.807, 2.05) is 0 Å². The Labute approximate surface area is 101 Å². The Morgan fingerprint density at radius 3 is 2.50 bits per heavy atom. The first kappa shape index (κ1) is 12.2. The van der Waals surface area contributed by atoms with Gasteiger partial charge in [-0.25, -0.2) is 14.0 Å². The summed E-state index contributed by atoms with van der Waals surface area (Å²) in [7, 11) is 0. The first-order valence-corrected chi connectivity index (χ1v) is 5.25. The van der Waals surface area contributed by atoms with Gasteiger partial charge in [0.15, 0.2) is 0 Å². The molecule has 1 aliphatic carbocycles. The number of benzene rings is 1. The molecule has 1 aromatic carbocycles. The molecule has 0 saturated carbocycles. The van der Waals surface area contributed by atoms with Gasteiger partial charge in [-0.2, -0.15) is 0 Å². The molecule has 0 fully saturated rings. The lowest BCUT2D eigenvalue weighted by Crippen LogP contribution is -2.43. The molecule has 0 radical (unpaired) electrons. The molecule has 1 aliphatic rings.